The van der Waals surface area contributed by atoms with Crippen LogP contribution in [0.25, 0.3) is 0 Å². The molecule has 1 nitrogen and oxygen atoms in total. The van der Waals surface area contributed by atoms with E-state index in [1.807, 2.05) is 0 Å². The first-order chi connectivity index (χ1) is 9.65. The van der Waals surface area contributed by atoms with E-state index in [0.29, 0.717) is 6.04 Å². The van der Waals surface area contributed by atoms with Crippen molar-refractivity contribution >= 4 is 5.71 Å². The maximum atomic E-state index is 5.00. The molecule has 0 N–H and O–H groups in total. The van der Waals surface area contributed by atoms with Crippen molar-refractivity contribution in [3.8, 4) is 0 Å². The zero-order valence-corrected chi connectivity index (χ0v) is 12.5. The van der Waals surface area contributed by atoms with E-state index in [1.54, 1.807) is 0 Å². The molecule has 0 saturated carbocycles. The van der Waals surface area contributed by atoms with Gasteiger partial charge in [-0.3, -0.25) is 4.99 Å². The van der Waals surface area contributed by atoms with Gasteiger partial charge in [-0.1, -0.05) is 48.0 Å². The summed E-state index contributed by atoms with van der Waals surface area (Å²) in [5.41, 5.74) is 8.00. The molecule has 1 atom stereocenters. The summed E-state index contributed by atoms with van der Waals surface area (Å²) in [6.45, 7) is 6.51. The Morgan fingerprint density at radius 1 is 0.950 bits per heavy atom. The number of hydrogen-bond donors (Lipinski definition) is 0. The molecule has 2 aromatic rings. The van der Waals surface area contributed by atoms with Crippen molar-refractivity contribution in [1.29, 1.82) is 0 Å². The maximum Gasteiger partial charge on any atom is 0.0758 e. The van der Waals surface area contributed by atoms with Crippen molar-refractivity contribution in [2.45, 2.75) is 39.7 Å². The van der Waals surface area contributed by atoms with E-state index in [1.165, 1.54) is 33.5 Å². The summed E-state index contributed by atoms with van der Waals surface area (Å²) in [6.07, 6.45) is 2.22. The number of aliphatic imine (C=N–C) groups is 1. The fourth-order valence-electron chi connectivity index (χ4n) is 3.12. The average molecular weight is 263 g/mol. The van der Waals surface area contributed by atoms with Crippen LogP contribution < -0.4 is 0 Å². The number of nitrogens with zero attached hydrogens (tertiary/aromatic N) is 1. The van der Waals surface area contributed by atoms with Crippen LogP contribution in [-0.2, 0) is 0 Å². The van der Waals surface area contributed by atoms with Gasteiger partial charge in [0, 0.05) is 5.71 Å². The molecule has 1 heterocycles. The first kappa shape index (κ1) is 13.1. The second-order valence-corrected chi connectivity index (χ2v) is 5.81. The summed E-state index contributed by atoms with van der Waals surface area (Å²) in [5, 5.41) is 0. The highest BCUT2D eigenvalue weighted by molar-refractivity contribution is 6.02. The normalized spacial score (nSPS) is 18.1. The van der Waals surface area contributed by atoms with Crippen molar-refractivity contribution in [1.82, 2.24) is 0 Å². The quantitative estimate of drug-likeness (QED) is 0.728. The van der Waals surface area contributed by atoms with E-state index in [9.17, 15) is 0 Å². The summed E-state index contributed by atoms with van der Waals surface area (Å²) < 4.78 is 0. The molecule has 2 aromatic carbocycles. The lowest BCUT2D eigenvalue weighted by Crippen LogP contribution is -1.98. The monoisotopic (exact) mass is 263 g/mol. The van der Waals surface area contributed by atoms with Crippen LogP contribution in [0.2, 0.25) is 0 Å². The van der Waals surface area contributed by atoms with Crippen LogP contribution in [0.5, 0.6) is 0 Å². The topological polar surface area (TPSA) is 12.4 Å². The van der Waals surface area contributed by atoms with Gasteiger partial charge in [0.2, 0.25) is 0 Å². The van der Waals surface area contributed by atoms with Gasteiger partial charge in [0.15, 0.2) is 0 Å². The Morgan fingerprint density at radius 2 is 1.75 bits per heavy atom. The van der Waals surface area contributed by atoms with Gasteiger partial charge in [0.05, 0.1) is 6.04 Å². The van der Waals surface area contributed by atoms with Crippen molar-refractivity contribution < 1.29 is 0 Å². The van der Waals surface area contributed by atoms with Crippen LogP contribution in [0.3, 0.4) is 0 Å². The minimum atomic E-state index is 0.338. The fourth-order valence-corrected chi connectivity index (χ4v) is 3.12. The standard InChI is InChI=1S/C19H21N/c1-13-8-9-17(15(3)12-13)19-11-10-18(20-19)16-7-5-4-6-14(16)2/h4-9,12,19H,10-11H2,1-3H3. The van der Waals surface area contributed by atoms with E-state index >= 15 is 0 Å². The van der Waals surface area contributed by atoms with Crippen LogP contribution in [-0.4, -0.2) is 5.71 Å². The van der Waals surface area contributed by atoms with E-state index in [4.69, 9.17) is 4.99 Å². The van der Waals surface area contributed by atoms with Gasteiger partial charge >= 0.3 is 0 Å². The predicted octanol–water partition coefficient (Wildman–Crippen LogP) is 4.94. The highest BCUT2D eigenvalue weighted by Gasteiger charge is 2.22. The van der Waals surface area contributed by atoms with Crippen molar-refractivity contribution in [2.75, 3.05) is 0 Å². The van der Waals surface area contributed by atoms with Crippen LogP contribution in [0.4, 0.5) is 0 Å². The number of rotatable bonds is 2. The molecule has 0 radical (unpaired) electrons. The fraction of sp³-hybridized carbons (Fsp3) is 0.316. The third-order valence-corrected chi connectivity index (χ3v) is 4.21. The summed E-state index contributed by atoms with van der Waals surface area (Å²) >= 11 is 0. The maximum absolute atomic E-state index is 5.00. The molecule has 3 rings (SSSR count). The second-order valence-electron chi connectivity index (χ2n) is 5.81. The Hall–Kier alpha value is -1.89. The molecule has 0 fully saturated rings. The SMILES string of the molecule is Cc1ccc(C2CCC(c3ccccc3C)=N2)c(C)c1. The van der Waals surface area contributed by atoms with E-state index in [2.05, 4.69) is 63.2 Å². The molecule has 1 heteroatoms. The van der Waals surface area contributed by atoms with Crippen LogP contribution >= 0.6 is 0 Å². The zero-order chi connectivity index (χ0) is 14.1. The molecule has 102 valence electrons. The lowest BCUT2D eigenvalue weighted by atomic mass is 9.97. The van der Waals surface area contributed by atoms with Gasteiger partial charge in [-0.2, -0.15) is 0 Å². The lowest BCUT2D eigenvalue weighted by Gasteiger charge is -2.11. The van der Waals surface area contributed by atoms with Crippen LogP contribution in [0.15, 0.2) is 47.5 Å². The Morgan fingerprint density at radius 3 is 2.50 bits per heavy atom. The highest BCUT2D eigenvalue weighted by Crippen LogP contribution is 2.33. The number of benzene rings is 2. The van der Waals surface area contributed by atoms with Gasteiger partial charge < -0.3 is 0 Å². The van der Waals surface area contributed by atoms with Gasteiger partial charge in [0.1, 0.15) is 0 Å². The van der Waals surface area contributed by atoms with Crippen molar-refractivity contribution in [3.63, 3.8) is 0 Å². The average Bonchev–Trinajstić information content (AvgIpc) is 2.88. The Kier molecular flexibility index (Phi) is 3.43. The largest absolute Gasteiger partial charge is 0.281 e. The second kappa shape index (κ2) is 5.24. The summed E-state index contributed by atoms with van der Waals surface area (Å²) in [7, 11) is 0. The molecule has 0 saturated heterocycles. The van der Waals surface area contributed by atoms with Crippen LogP contribution in [0, 0.1) is 20.8 Å². The zero-order valence-electron chi connectivity index (χ0n) is 12.5. The summed E-state index contributed by atoms with van der Waals surface area (Å²) in [4.78, 5) is 5.00. The Bertz CT molecular complexity index is 667. The third kappa shape index (κ3) is 2.40. The van der Waals surface area contributed by atoms with Crippen LogP contribution in [0.1, 0.15) is 46.7 Å². The molecule has 0 aromatic heterocycles. The molecular weight excluding hydrogens is 242 g/mol. The molecule has 1 aliphatic rings. The first-order valence-electron chi connectivity index (χ1n) is 7.35. The Balaban J connectivity index is 1.94. The smallest absolute Gasteiger partial charge is 0.0758 e. The van der Waals surface area contributed by atoms with E-state index in [-0.39, 0.29) is 0 Å². The van der Waals surface area contributed by atoms with Crippen molar-refractivity contribution in [2.24, 2.45) is 4.99 Å². The molecular formula is C19H21N. The Labute approximate surface area is 121 Å². The summed E-state index contributed by atoms with van der Waals surface area (Å²) in [5.74, 6) is 0. The molecule has 1 aliphatic heterocycles. The molecule has 20 heavy (non-hydrogen) atoms. The van der Waals surface area contributed by atoms with E-state index in [0.717, 1.165) is 12.8 Å². The molecule has 0 aliphatic carbocycles. The third-order valence-electron chi connectivity index (χ3n) is 4.21. The lowest BCUT2D eigenvalue weighted by molar-refractivity contribution is 0.718. The number of aryl methyl sites for hydroxylation is 3. The van der Waals surface area contributed by atoms with Gasteiger partial charge in [-0.25, -0.2) is 0 Å². The minimum Gasteiger partial charge on any atom is -0.281 e. The van der Waals surface area contributed by atoms with Gasteiger partial charge in [-0.05, 0) is 55.9 Å². The highest BCUT2D eigenvalue weighted by atomic mass is 14.8. The minimum absolute atomic E-state index is 0.338. The van der Waals surface area contributed by atoms with Gasteiger partial charge in [-0.15, -0.1) is 0 Å². The molecule has 0 spiro atoms. The molecule has 0 bridgehead atoms. The molecule has 1 unspecified atom stereocenters. The van der Waals surface area contributed by atoms with Gasteiger partial charge in [0.25, 0.3) is 0 Å². The van der Waals surface area contributed by atoms with E-state index < -0.39 is 0 Å². The first-order valence-corrected chi connectivity index (χ1v) is 7.35. The summed E-state index contributed by atoms with van der Waals surface area (Å²) in [6, 6.07) is 15.6. The molecule has 0 amide bonds. The predicted molar refractivity (Wildman–Crippen MR) is 85.6 cm³/mol. The van der Waals surface area contributed by atoms with Crippen molar-refractivity contribution in [3.05, 3.63) is 70.3 Å². The number of hydrogen-bond acceptors (Lipinski definition) is 1.